The van der Waals surface area contributed by atoms with Gasteiger partial charge >= 0.3 is 6.18 Å². The van der Waals surface area contributed by atoms with Crippen LogP contribution in [0.2, 0.25) is 0 Å². The summed E-state index contributed by atoms with van der Waals surface area (Å²) in [7, 11) is 1.56. The molecule has 2 heterocycles. The SMILES string of the molecule is CN=C(NCCC(F)(F)F)NCC1CCN(Cc2nc(C)c(C)o2)CC1. The van der Waals surface area contributed by atoms with Gasteiger partial charge in [-0.2, -0.15) is 13.2 Å². The first kappa shape index (κ1) is 20.5. The molecule has 0 unspecified atom stereocenters. The van der Waals surface area contributed by atoms with E-state index in [1.165, 1.54) is 0 Å². The number of hydrogen-bond acceptors (Lipinski definition) is 4. The number of rotatable bonds is 6. The van der Waals surface area contributed by atoms with E-state index >= 15 is 0 Å². The van der Waals surface area contributed by atoms with Crippen molar-refractivity contribution in [2.75, 3.05) is 33.2 Å². The maximum atomic E-state index is 12.2. The number of oxazole rings is 1. The maximum absolute atomic E-state index is 12.2. The quantitative estimate of drug-likeness (QED) is 0.591. The van der Waals surface area contributed by atoms with Crippen molar-refractivity contribution < 1.29 is 17.6 Å². The molecule has 0 amide bonds. The summed E-state index contributed by atoms with van der Waals surface area (Å²) in [6.45, 7) is 7.01. The molecule has 1 aliphatic heterocycles. The van der Waals surface area contributed by atoms with Crippen molar-refractivity contribution in [3.05, 3.63) is 17.3 Å². The summed E-state index contributed by atoms with van der Waals surface area (Å²) in [6, 6.07) is 0. The monoisotopic (exact) mass is 375 g/mol. The van der Waals surface area contributed by atoms with E-state index in [1.54, 1.807) is 7.05 Å². The second-order valence-corrected chi connectivity index (χ2v) is 6.71. The van der Waals surface area contributed by atoms with Gasteiger partial charge in [0.15, 0.2) is 5.96 Å². The molecule has 26 heavy (non-hydrogen) atoms. The number of aromatic nitrogens is 1. The highest BCUT2D eigenvalue weighted by Gasteiger charge is 2.26. The van der Waals surface area contributed by atoms with Crippen LogP contribution in [0.25, 0.3) is 0 Å². The third-order valence-electron chi connectivity index (χ3n) is 4.62. The van der Waals surface area contributed by atoms with E-state index in [0.29, 0.717) is 18.4 Å². The maximum Gasteiger partial charge on any atom is 0.390 e. The molecular formula is C17H28F3N5O. The van der Waals surface area contributed by atoms with Crippen molar-refractivity contribution in [3.8, 4) is 0 Å². The van der Waals surface area contributed by atoms with E-state index in [0.717, 1.165) is 49.8 Å². The number of alkyl halides is 3. The Balaban J connectivity index is 1.66. The van der Waals surface area contributed by atoms with Gasteiger partial charge in [-0.15, -0.1) is 0 Å². The van der Waals surface area contributed by atoms with Crippen molar-refractivity contribution in [2.45, 2.75) is 45.8 Å². The molecule has 1 saturated heterocycles. The molecule has 0 atom stereocenters. The molecule has 0 bridgehead atoms. The highest BCUT2D eigenvalue weighted by molar-refractivity contribution is 5.79. The summed E-state index contributed by atoms with van der Waals surface area (Å²) in [5.74, 6) is 2.51. The normalized spacial score (nSPS) is 17.5. The molecule has 0 saturated carbocycles. The van der Waals surface area contributed by atoms with Gasteiger partial charge in [-0.3, -0.25) is 9.89 Å². The molecule has 0 aliphatic carbocycles. The molecule has 2 N–H and O–H groups in total. The first-order valence-electron chi connectivity index (χ1n) is 8.93. The van der Waals surface area contributed by atoms with Gasteiger partial charge in [-0.25, -0.2) is 4.98 Å². The van der Waals surface area contributed by atoms with Crippen molar-refractivity contribution in [2.24, 2.45) is 10.9 Å². The fraction of sp³-hybridized carbons (Fsp3) is 0.765. The van der Waals surface area contributed by atoms with E-state index in [-0.39, 0.29) is 6.54 Å². The van der Waals surface area contributed by atoms with Crippen LogP contribution >= 0.6 is 0 Å². The van der Waals surface area contributed by atoms with Gasteiger partial charge < -0.3 is 15.1 Å². The van der Waals surface area contributed by atoms with Crippen molar-refractivity contribution in [1.82, 2.24) is 20.5 Å². The summed E-state index contributed by atoms with van der Waals surface area (Å²) in [4.78, 5) is 10.7. The standard InChI is InChI=1S/C17H28F3N5O/c1-12-13(2)26-15(24-12)11-25-8-4-14(5-9-25)10-23-16(21-3)22-7-6-17(18,19)20/h14H,4-11H2,1-3H3,(H2,21,22,23). The number of guanidine groups is 1. The van der Waals surface area contributed by atoms with Gasteiger partial charge in [0.05, 0.1) is 18.7 Å². The third-order valence-corrected chi connectivity index (χ3v) is 4.62. The van der Waals surface area contributed by atoms with E-state index in [1.807, 2.05) is 13.8 Å². The van der Waals surface area contributed by atoms with Crippen LogP contribution in [0.3, 0.4) is 0 Å². The second kappa shape index (κ2) is 9.25. The molecule has 0 spiro atoms. The molecule has 1 aliphatic rings. The molecule has 1 fully saturated rings. The Hall–Kier alpha value is -1.77. The Morgan fingerprint density at radius 1 is 1.27 bits per heavy atom. The molecule has 0 radical (unpaired) electrons. The molecular weight excluding hydrogens is 347 g/mol. The summed E-state index contributed by atoms with van der Waals surface area (Å²) >= 11 is 0. The van der Waals surface area contributed by atoms with E-state index in [2.05, 4.69) is 25.5 Å². The van der Waals surface area contributed by atoms with Gasteiger partial charge in [0.1, 0.15) is 5.76 Å². The van der Waals surface area contributed by atoms with Gasteiger partial charge in [0.25, 0.3) is 0 Å². The highest BCUT2D eigenvalue weighted by Crippen LogP contribution is 2.20. The zero-order chi connectivity index (χ0) is 19.2. The molecule has 6 nitrogen and oxygen atoms in total. The van der Waals surface area contributed by atoms with Crippen LogP contribution in [0.4, 0.5) is 13.2 Å². The first-order valence-corrected chi connectivity index (χ1v) is 8.93. The molecule has 1 aromatic rings. The van der Waals surface area contributed by atoms with Crippen molar-refractivity contribution in [3.63, 3.8) is 0 Å². The van der Waals surface area contributed by atoms with Crippen LogP contribution in [0.1, 0.15) is 36.6 Å². The summed E-state index contributed by atoms with van der Waals surface area (Å²) in [5, 5.41) is 5.83. The molecule has 148 valence electrons. The Kier molecular flexibility index (Phi) is 7.31. The van der Waals surface area contributed by atoms with Gasteiger partial charge in [0, 0.05) is 20.1 Å². The summed E-state index contributed by atoms with van der Waals surface area (Å²) in [5.41, 5.74) is 0.934. The minimum Gasteiger partial charge on any atom is -0.444 e. The van der Waals surface area contributed by atoms with Crippen LogP contribution in [0.15, 0.2) is 9.41 Å². The van der Waals surface area contributed by atoms with Crippen LogP contribution in [-0.2, 0) is 6.54 Å². The minimum absolute atomic E-state index is 0.170. The van der Waals surface area contributed by atoms with Gasteiger partial charge in [0.2, 0.25) is 5.89 Å². The lowest BCUT2D eigenvalue weighted by Gasteiger charge is -2.31. The van der Waals surface area contributed by atoms with E-state index in [9.17, 15) is 13.2 Å². The smallest absolute Gasteiger partial charge is 0.390 e. The molecule has 1 aromatic heterocycles. The highest BCUT2D eigenvalue weighted by atomic mass is 19.4. The second-order valence-electron chi connectivity index (χ2n) is 6.71. The predicted molar refractivity (Wildman–Crippen MR) is 94.0 cm³/mol. The van der Waals surface area contributed by atoms with Crippen LogP contribution < -0.4 is 10.6 Å². The van der Waals surface area contributed by atoms with Crippen molar-refractivity contribution >= 4 is 5.96 Å². The zero-order valence-electron chi connectivity index (χ0n) is 15.6. The van der Waals surface area contributed by atoms with E-state index < -0.39 is 12.6 Å². The Morgan fingerprint density at radius 3 is 2.50 bits per heavy atom. The number of aliphatic imine (C=N–C) groups is 1. The van der Waals surface area contributed by atoms with Crippen molar-refractivity contribution in [1.29, 1.82) is 0 Å². The summed E-state index contributed by atoms with van der Waals surface area (Å²) in [6.07, 6.45) is -2.99. The Morgan fingerprint density at radius 2 is 1.96 bits per heavy atom. The zero-order valence-corrected chi connectivity index (χ0v) is 15.6. The van der Waals surface area contributed by atoms with Gasteiger partial charge in [-0.1, -0.05) is 0 Å². The number of aryl methyl sites for hydroxylation is 2. The number of halogens is 3. The average molecular weight is 375 g/mol. The molecule has 0 aromatic carbocycles. The van der Waals surface area contributed by atoms with E-state index in [4.69, 9.17) is 4.42 Å². The summed E-state index contributed by atoms with van der Waals surface area (Å²) < 4.78 is 42.2. The van der Waals surface area contributed by atoms with Crippen LogP contribution in [-0.4, -0.2) is 55.2 Å². The fourth-order valence-electron chi connectivity index (χ4n) is 2.93. The lowest BCUT2D eigenvalue weighted by molar-refractivity contribution is -0.132. The number of hydrogen-bond donors (Lipinski definition) is 2. The number of nitrogens with zero attached hydrogens (tertiary/aromatic N) is 3. The number of likely N-dealkylation sites (tertiary alicyclic amines) is 1. The topological polar surface area (TPSA) is 65.7 Å². The lowest BCUT2D eigenvalue weighted by Crippen LogP contribution is -2.43. The van der Waals surface area contributed by atoms with Crippen LogP contribution in [0.5, 0.6) is 0 Å². The fourth-order valence-corrected chi connectivity index (χ4v) is 2.93. The average Bonchev–Trinajstić information content (AvgIpc) is 2.88. The lowest BCUT2D eigenvalue weighted by atomic mass is 9.97. The first-order chi connectivity index (χ1) is 12.3. The number of piperidine rings is 1. The Labute approximate surface area is 152 Å². The molecule has 9 heteroatoms. The molecule has 2 rings (SSSR count). The Bertz CT molecular complexity index is 572. The minimum atomic E-state index is -4.15. The van der Waals surface area contributed by atoms with Gasteiger partial charge in [-0.05, 0) is 45.7 Å². The predicted octanol–water partition coefficient (Wildman–Crippen LogP) is 2.62. The largest absolute Gasteiger partial charge is 0.444 e. The third kappa shape index (κ3) is 6.86. The number of nitrogens with one attached hydrogen (secondary N) is 2. The van der Waals surface area contributed by atoms with Crippen LogP contribution in [0, 0.1) is 19.8 Å².